The highest BCUT2D eigenvalue weighted by Gasteiger charge is 2.33. The topological polar surface area (TPSA) is 119 Å². The predicted octanol–water partition coefficient (Wildman–Crippen LogP) is 1.63. The summed E-state index contributed by atoms with van der Waals surface area (Å²) in [6.45, 7) is 0. The molecule has 0 aliphatic carbocycles. The number of benzene rings is 2. The molecule has 2 aromatic rings. The van der Waals surface area contributed by atoms with E-state index in [-0.39, 0.29) is 5.75 Å². The number of hydrogen-bond acceptors (Lipinski definition) is 5. The molecule has 4 N–H and O–H groups in total. The fourth-order valence-electron chi connectivity index (χ4n) is 2.56. The maximum Gasteiger partial charge on any atom is 0.328 e. The number of carboxylic acid groups (broad SMARTS) is 1. The molecule has 1 aliphatic heterocycles. The molecule has 0 fully saturated rings. The van der Waals surface area contributed by atoms with Crippen molar-refractivity contribution in [2.24, 2.45) is 0 Å². The number of fused-ring (bicyclic) bond motifs is 1. The maximum absolute atomic E-state index is 12.8. The lowest BCUT2D eigenvalue weighted by molar-refractivity contribution is -0.131. The second-order valence-corrected chi connectivity index (χ2v) is 5.51. The van der Waals surface area contributed by atoms with Crippen molar-refractivity contribution in [2.45, 2.75) is 6.17 Å². The first-order valence-electron chi connectivity index (χ1n) is 7.65. The molecule has 2 amide bonds. The normalized spacial score (nSPS) is 16.1. The quantitative estimate of drug-likeness (QED) is 0.621. The van der Waals surface area contributed by atoms with Crippen molar-refractivity contribution < 1.29 is 24.6 Å². The Morgan fingerprint density at radius 3 is 2.46 bits per heavy atom. The van der Waals surface area contributed by atoms with Gasteiger partial charge in [-0.2, -0.15) is 0 Å². The van der Waals surface area contributed by atoms with Crippen LogP contribution in [0.15, 0.2) is 60.7 Å². The molecule has 1 unspecified atom stereocenters. The molecule has 0 saturated carbocycles. The van der Waals surface area contributed by atoms with Crippen LogP contribution in [0.1, 0.15) is 22.1 Å². The van der Waals surface area contributed by atoms with Crippen molar-refractivity contribution in [2.75, 3.05) is 5.32 Å². The Morgan fingerprint density at radius 2 is 1.77 bits per heavy atom. The molecular formula is C18H15N3O5. The van der Waals surface area contributed by atoms with Gasteiger partial charge in [-0.05, 0) is 29.8 Å². The van der Waals surface area contributed by atoms with Crippen LogP contribution in [0.3, 0.4) is 0 Å². The number of nitrogens with zero attached hydrogens (tertiary/aromatic N) is 1. The predicted molar refractivity (Wildman–Crippen MR) is 92.0 cm³/mol. The lowest BCUT2D eigenvalue weighted by Crippen LogP contribution is -2.52. The molecule has 0 radical (unpaired) electrons. The third-order valence-corrected chi connectivity index (χ3v) is 3.74. The molecule has 8 nitrogen and oxygen atoms in total. The molecule has 0 saturated heterocycles. The van der Waals surface area contributed by atoms with Crippen LogP contribution in [0.25, 0.3) is 0 Å². The zero-order valence-electron chi connectivity index (χ0n) is 13.4. The SMILES string of the molecule is O=C(O)C=CC(=O)NN1C(=O)c2ccccc2NC1c1ccc(O)cc1. The number of carbonyl (C=O) groups excluding carboxylic acids is 2. The lowest BCUT2D eigenvalue weighted by atomic mass is 10.0. The van der Waals surface area contributed by atoms with E-state index in [1.165, 1.54) is 12.1 Å². The Kier molecular flexibility index (Phi) is 4.57. The van der Waals surface area contributed by atoms with Gasteiger partial charge in [0.15, 0.2) is 0 Å². The first-order chi connectivity index (χ1) is 12.5. The zero-order chi connectivity index (χ0) is 18.7. The average molecular weight is 353 g/mol. The van der Waals surface area contributed by atoms with Gasteiger partial charge < -0.3 is 15.5 Å². The molecule has 8 heteroatoms. The van der Waals surface area contributed by atoms with E-state index in [2.05, 4.69) is 10.7 Å². The van der Waals surface area contributed by atoms with Crippen LogP contribution in [-0.2, 0) is 9.59 Å². The number of hydrogen-bond donors (Lipinski definition) is 4. The molecule has 0 aromatic heterocycles. The van der Waals surface area contributed by atoms with E-state index in [0.717, 1.165) is 11.1 Å². The van der Waals surface area contributed by atoms with Crippen LogP contribution in [0.2, 0.25) is 0 Å². The van der Waals surface area contributed by atoms with Gasteiger partial charge in [-0.15, -0.1) is 0 Å². The molecule has 1 atom stereocenters. The molecule has 2 aromatic carbocycles. The highest BCUT2D eigenvalue weighted by molar-refractivity contribution is 6.03. The minimum Gasteiger partial charge on any atom is -0.508 e. The highest BCUT2D eigenvalue weighted by atomic mass is 16.4. The van der Waals surface area contributed by atoms with E-state index in [4.69, 9.17) is 5.11 Å². The number of para-hydroxylation sites is 1. The van der Waals surface area contributed by atoms with Crippen molar-refractivity contribution in [3.05, 3.63) is 71.8 Å². The van der Waals surface area contributed by atoms with Crippen LogP contribution in [0, 0.1) is 0 Å². The Bertz CT molecular complexity index is 892. The number of nitrogens with one attached hydrogen (secondary N) is 2. The molecule has 0 spiro atoms. The summed E-state index contributed by atoms with van der Waals surface area (Å²) in [7, 11) is 0. The first-order valence-corrected chi connectivity index (χ1v) is 7.65. The summed E-state index contributed by atoms with van der Waals surface area (Å²) in [5.74, 6) is -2.42. The molecule has 1 heterocycles. The molecule has 3 rings (SSSR count). The monoisotopic (exact) mass is 353 g/mol. The van der Waals surface area contributed by atoms with E-state index in [1.54, 1.807) is 36.4 Å². The van der Waals surface area contributed by atoms with Gasteiger partial charge >= 0.3 is 5.97 Å². The maximum atomic E-state index is 12.8. The first kappa shape index (κ1) is 17.0. The van der Waals surface area contributed by atoms with Gasteiger partial charge in [0, 0.05) is 17.8 Å². The van der Waals surface area contributed by atoms with E-state index < -0.39 is 23.9 Å². The summed E-state index contributed by atoms with van der Waals surface area (Å²) >= 11 is 0. The van der Waals surface area contributed by atoms with E-state index in [0.29, 0.717) is 22.9 Å². The summed E-state index contributed by atoms with van der Waals surface area (Å²) in [5, 5.41) is 22.3. The number of anilines is 1. The van der Waals surface area contributed by atoms with Crippen LogP contribution >= 0.6 is 0 Å². The summed E-state index contributed by atoms with van der Waals surface area (Å²) in [4.78, 5) is 35.4. The van der Waals surface area contributed by atoms with Gasteiger partial charge in [-0.3, -0.25) is 15.0 Å². The number of aromatic hydroxyl groups is 1. The Hall–Kier alpha value is -3.81. The standard InChI is InChI=1S/C18H15N3O5/c22-12-7-5-11(6-8-12)17-19-14-4-2-1-3-13(14)18(26)21(17)20-15(23)9-10-16(24)25/h1-10,17,19,22H,(H,20,23)(H,24,25). The van der Waals surface area contributed by atoms with Crippen LogP contribution in [0.4, 0.5) is 5.69 Å². The number of rotatable bonds is 4. The van der Waals surface area contributed by atoms with Crippen molar-refractivity contribution in [1.29, 1.82) is 0 Å². The number of carbonyl (C=O) groups is 3. The fourth-order valence-corrected chi connectivity index (χ4v) is 2.56. The number of carboxylic acids is 1. The number of hydrazine groups is 1. The smallest absolute Gasteiger partial charge is 0.328 e. The summed E-state index contributed by atoms with van der Waals surface area (Å²) < 4.78 is 0. The number of amides is 2. The third-order valence-electron chi connectivity index (χ3n) is 3.74. The second kappa shape index (κ2) is 6.98. The van der Waals surface area contributed by atoms with E-state index >= 15 is 0 Å². The van der Waals surface area contributed by atoms with Gasteiger partial charge in [-0.25, -0.2) is 9.80 Å². The second-order valence-electron chi connectivity index (χ2n) is 5.51. The Morgan fingerprint density at radius 1 is 1.08 bits per heavy atom. The van der Waals surface area contributed by atoms with E-state index in [9.17, 15) is 19.5 Å². The fraction of sp³-hybridized carbons (Fsp3) is 0.0556. The van der Waals surface area contributed by atoms with Crippen LogP contribution < -0.4 is 10.7 Å². The van der Waals surface area contributed by atoms with Crippen LogP contribution in [-0.4, -0.2) is 33.0 Å². The third kappa shape index (κ3) is 3.48. The van der Waals surface area contributed by atoms with Gasteiger partial charge in [-0.1, -0.05) is 24.3 Å². The van der Waals surface area contributed by atoms with Crippen molar-refractivity contribution in [3.8, 4) is 5.75 Å². The largest absolute Gasteiger partial charge is 0.508 e. The molecule has 0 bridgehead atoms. The zero-order valence-corrected chi connectivity index (χ0v) is 13.4. The Labute approximate surface area is 148 Å². The van der Waals surface area contributed by atoms with Crippen molar-refractivity contribution in [1.82, 2.24) is 10.4 Å². The highest BCUT2D eigenvalue weighted by Crippen LogP contribution is 2.32. The van der Waals surface area contributed by atoms with Crippen molar-refractivity contribution in [3.63, 3.8) is 0 Å². The molecular weight excluding hydrogens is 338 g/mol. The molecule has 1 aliphatic rings. The summed E-state index contributed by atoms with van der Waals surface area (Å²) in [6, 6.07) is 13.0. The Balaban J connectivity index is 1.96. The molecule has 26 heavy (non-hydrogen) atoms. The minimum absolute atomic E-state index is 0.0660. The van der Waals surface area contributed by atoms with Gasteiger partial charge in [0.25, 0.3) is 11.8 Å². The lowest BCUT2D eigenvalue weighted by Gasteiger charge is -2.37. The van der Waals surface area contributed by atoms with E-state index in [1.807, 2.05) is 0 Å². The van der Waals surface area contributed by atoms with Gasteiger partial charge in [0.05, 0.1) is 5.56 Å². The minimum atomic E-state index is -1.27. The average Bonchev–Trinajstić information content (AvgIpc) is 2.63. The molecule has 132 valence electrons. The van der Waals surface area contributed by atoms with Gasteiger partial charge in [0.1, 0.15) is 11.9 Å². The summed E-state index contributed by atoms with van der Waals surface area (Å²) in [5.41, 5.74) is 3.98. The number of phenolic OH excluding ortho intramolecular Hbond substituents is 1. The summed E-state index contributed by atoms with van der Waals surface area (Å²) in [6.07, 6.45) is 0.769. The van der Waals surface area contributed by atoms with Crippen molar-refractivity contribution >= 4 is 23.5 Å². The van der Waals surface area contributed by atoms with Crippen LogP contribution in [0.5, 0.6) is 5.75 Å². The number of aliphatic carboxylic acids is 1. The van der Waals surface area contributed by atoms with Gasteiger partial charge in [0.2, 0.25) is 0 Å². The number of phenols is 1.